The lowest BCUT2D eigenvalue weighted by Crippen LogP contribution is -2.49. The summed E-state index contributed by atoms with van der Waals surface area (Å²) in [5, 5.41) is 57.2. The van der Waals surface area contributed by atoms with Crippen LogP contribution in [0.5, 0.6) is 23.0 Å². The number of carbonyl (C=O) groups is 4. The fourth-order valence-electron chi connectivity index (χ4n) is 16.5. The van der Waals surface area contributed by atoms with Crippen LogP contribution in [0.4, 0.5) is 5.69 Å². The van der Waals surface area contributed by atoms with E-state index in [1.807, 2.05) is 69.7 Å². The van der Waals surface area contributed by atoms with Gasteiger partial charge in [0.05, 0.1) is 112 Å². The number of methoxy groups -OCH3 is 4. The van der Waals surface area contributed by atoms with Gasteiger partial charge in [0, 0.05) is 129 Å². The van der Waals surface area contributed by atoms with E-state index in [4.69, 9.17) is 24.7 Å². The van der Waals surface area contributed by atoms with Crippen molar-refractivity contribution in [2.45, 2.75) is 188 Å². The molecule has 630 valence electrons. The fraction of sp³-hybridized carbons (Fsp3) is 0.511. The predicted molar refractivity (Wildman–Crippen MR) is 452 cm³/mol. The van der Waals surface area contributed by atoms with Gasteiger partial charge in [-0.25, -0.2) is 4.58 Å². The normalized spacial score (nSPS) is 18.2. The zero-order valence-corrected chi connectivity index (χ0v) is 70.7. The summed E-state index contributed by atoms with van der Waals surface area (Å²) in [6.45, 7) is 19.8. The second-order valence-corrected chi connectivity index (χ2v) is 30.5. The SMILES string of the molecule is C/C=C/c1c(OC)cc(OC)cc1C(=O)[O-].C/C=C1\CCCc2c(OC)ccc(C(=O)[O-])c21.C/C=C1\CCCc2ccc(OC)c(C(=O)[O-])c21.C1=C2CCCCN2CCC1.C1CC[N+]2=C(C1)CCCC2.C1CNC2=[N+](C1)CCC2.CN(C)C(N)=[N+](C)C.O=C([O-])Cc1ccc([N+](=O)[O-])cc1.c1ccc(CN2CCCN3CCCC32)cc1. The molecule has 116 heavy (non-hydrogen) atoms. The van der Waals surface area contributed by atoms with Gasteiger partial charge in [0.15, 0.2) is 5.71 Å². The van der Waals surface area contributed by atoms with Crippen LogP contribution in [0.15, 0.2) is 121 Å². The quantitative estimate of drug-likeness (QED) is 0.0364. The Morgan fingerprint density at radius 1 is 0.595 bits per heavy atom. The monoisotopic (exact) mass is 1600 g/mol. The summed E-state index contributed by atoms with van der Waals surface area (Å²) >= 11 is 0. The first kappa shape index (κ1) is 92.8. The number of nitro groups is 1. The first-order valence-corrected chi connectivity index (χ1v) is 41.5. The number of nitro benzene ring substituents is 1. The number of aromatic carboxylic acids is 3. The third-order valence-corrected chi connectivity index (χ3v) is 22.3. The Balaban J connectivity index is 0.000000182. The van der Waals surface area contributed by atoms with Crippen LogP contribution in [0.25, 0.3) is 17.2 Å². The summed E-state index contributed by atoms with van der Waals surface area (Å²) in [6.07, 6.45) is 39.5. The Bertz CT molecular complexity index is 4230. The Hall–Kier alpha value is -10.3. The summed E-state index contributed by atoms with van der Waals surface area (Å²) in [4.78, 5) is 63.0. The third kappa shape index (κ3) is 28.0. The first-order chi connectivity index (χ1) is 56.0. The molecule has 0 saturated carbocycles. The van der Waals surface area contributed by atoms with Crippen LogP contribution < -0.4 is 50.4 Å². The molecule has 15 rings (SSSR count). The molecule has 1 atom stereocenters. The molecule has 24 nitrogen and oxygen atoms in total. The number of hydrogen-bond donors (Lipinski definition) is 2. The molecule has 8 heterocycles. The van der Waals surface area contributed by atoms with Crippen LogP contribution in [0.2, 0.25) is 0 Å². The van der Waals surface area contributed by atoms with Crippen LogP contribution in [0, 0.1) is 10.1 Å². The molecule has 5 aromatic rings. The van der Waals surface area contributed by atoms with Crippen molar-refractivity contribution in [3.8, 4) is 23.0 Å². The van der Waals surface area contributed by atoms with E-state index in [1.54, 1.807) is 61.9 Å². The highest BCUT2D eigenvalue weighted by molar-refractivity contribution is 5.97. The third-order valence-electron chi connectivity index (χ3n) is 22.3. The topological polar surface area (TPSA) is 301 Å². The molecule has 2 aliphatic carbocycles. The van der Waals surface area contributed by atoms with Crippen LogP contribution in [0.1, 0.15) is 226 Å². The molecule has 3 N–H and O–H groups in total. The van der Waals surface area contributed by atoms with Gasteiger partial charge in [-0.05, 0) is 200 Å². The highest BCUT2D eigenvalue weighted by Crippen LogP contribution is 2.40. The molecule has 0 aromatic heterocycles. The molecular formula is C92H127N10O14-. The molecule has 0 amide bonds. The zero-order chi connectivity index (χ0) is 84.1. The molecule has 0 spiro atoms. The van der Waals surface area contributed by atoms with Gasteiger partial charge in [0.2, 0.25) is 5.84 Å². The van der Waals surface area contributed by atoms with Crippen molar-refractivity contribution in [1.82, 2.24) is 24.9 Å². The Morgan fingerprint density at radius 2 is 1.22 bits per heavy atom. The second kappa shape index (κ2) is 48.9. The number of aryl methyl sites for hydroxylation is 1. The number of carboxylic acids is 4. The van der Waals surface area contributed by atoms with E-state index in [-0.39, 0.29) is 28.8 Å². The summed E-state index contributed by atoms with van der Waals surface area (Å²) in [7, 11) is 13.7. The van der Waals surface area contributed by atoms with Crippen LogP contribution in [-0.2, 0) is 30.6 Å². The lowest BCUT2D eigenvalue weighted by Gasteiger charge is -2.40. The van der Waals surface area contributed by atoms with E-state index >= 15 is 0 Å². The Kier molecular flexibility index (Phi) is 39.1. The second-order valence-electron chi connectivity index (χ2n) is 30.5. The summed E-state index contributed by atoms with van der Waals surface area (Å²) in [6, 6.07) is 26.2. The average molecular weight is 1600 g/mol. The maximum Gasteiger partial charge on any atom is 0.344 e. The van der Waals surface area contributed by atoms with Gasteiger partial charge >= 0.3 is 5.96 Å². The highest BCUT2D eigenvalue weighted by Gasteiger charge is 2.33. The standard InChI is InChI=1S/C14H20N2.2C14H16O3.C12H14O4.C9H16N.C9H15N.C8H7NO4.C7H12N2.C5H13N3/c1-2-6-13(7-3-1)12-16-11-5-10-15-9-4-8-14(15)16;1-3-9-5-4-6-10-12(17-2)8-7-11(13(9)10)14(15)16;1-3-9-5-4-6-10-7-8-11(17-2)13(12(9)10)14(15)16;1-4-5-9-10(12(13)14)6-8(15-2)7-11(9)16-3;2*1-3-7-10-8-4-2-6-9(10)5-1;10-8(11)5-6-1-3-7(4-2-6)9(12)13;1-3-7-8-4-2-6-9(7)5-1;1-7(2)5(6)8(3)4/h1-3,6-7,14H,4-5,8-12H2;2*3,7-8H,4-6H2,1-2H3,(H,15,16);4-7H,1-3H3,(H,13,14);1-8H2;5H,1-4,6-8H2;1-4H,5H2,(H,10,11);1-6H2;6H,1-4H3/q;;;;+1;;;;/p-2/b;2*9-3+;5-4+;;;;;. The number of ether oxygens (including phenoxy) is 4. The number of nitrogens with zero attached hydrogens (tertiary/aromatic N) is 8. The smallest absolute Gasteiger partial charge is 0.344 e. The lowest BCUT2D eigenvalue weighted by molar-refractivity contribution is -0.538. The van der Waals surface area contributed by atoms with Crippen LogP contribution in [0.3, 0.4) is 0 Å². The van der Waals surface area contributed by atoms with Crippen molar-refractivity contribution in [2.75, 3.05) is 122 Å². The highest BCUT2D eigenvalue weighted by atomic mass is 16.6. The fourth-order valence-corrected chi connectivity index (χ4v) is 16.5. The van der Waals surface area contributed by atoms with E-state index in [0.29, 0.717) is 28.4 Å². The minimum absolute atomic E-state index is 0.0503. The number of piperidine rings is 1. The van der Waals surface area contributed by atoms with E-state index in [2.05, 4.69) is 65.6 Å². The van der Waals surface area contributed by atoms with E-state index < -0.39 is 28.8 Å². The van der Waals surface area contributed by atoms with Crippen molar-refractivity contribution in [2.24, 2.45) is 5.73 Å². The van der Waals surface area contributed by atoms with Gasteiger partial charge in [0.1, 0.15) is 36.1 Å². The Morgan fingerprint density at radius 3 is 1.80 bits per heavy atom. The number of guanidine groups is 1. The molecular weight excluding hydrogens is 1470 g/mol. The summed E-state index contributed by atoms with van der Waals surface area (Å²) in [5.41, 5.74) is 17.6. The van der Waals surface area contributed by atoms with Crippen molar-refractivity contribution in [3.05, 3.63) is 187 Å². The van der Waals surface area contributed by atoms with E-state index in [1.165, 1.54) is 238 Å². The molecule has 10 aliphatic rings. The van der Waals surface area contributed by atoms with Gasteiger partial charge in [-0.2, -0.15) is 0 Å². The number of carbonyl (C=O) groups excluding carboxylic acids is 4. The number of non-ortho nitro benzene ring substituents is 1. The maximum absolute atomic E-state index is 11.3. The summed E-state index contributed by atoms with van der Waals surface area (Å²) < 4.78 is 27.5. The minimum Gasteiger partial charge on any atom is -0.550 e. The minimum atomic E-state index is -1.26. The van der Waals surface area contributed by atoms with Crippen molar-refractivity contribution in [1.29, 1.82) is 0 Å². The van der Waals surface area contributed by atoms with Gasteiger partial charge in [-0.3, -0.25) is 45.0 Å². The molecule has 0 radical (unpaired) electrons. The number of hydrogen-bond acceptors (Lipinski definition) is 18. The molecule has 1 unspecified atom stereocenters. The molecule has 3 saturated heterocycles. The number of aliphatic carboxylic acids is 1. The first-order valence-electron chi connectivity index (χ1n) is 41.5. The van der Waals surface area contributed by atoms with Gasteiger partial charge in [-0.1, -0.05) is 78.9 Å². The summed E-state index contributed by atoms with van der Waals surface area (Å²) in [5.74, 6) is -0.467. The van der Waals surface area contributed by atoms with Crippen molar-refractivity contribution >= 4 is 64.3 Å². The van der Waals surface area contributed by atoms with Gasteiger partial charge in [0.25, 0.3) is 5.69 Å². The molecule has 24 heteroatoms. The molecule has 8 aliphatic heterocycles. The maximum atomic E-state index is 11.3. The van der Waals surface area contributed by atoms with Crippen LogP contribution >= 0.6 is 0 Å². The number of amidine groups is 1. The van der Waals surface area contributed by atoms with E-state index in [9.17, 15) is 49.7 Å². The lowest BCUT2D eigenvalue weighted by atomic mass is 9.83. The number of nitrogens with one attached hydrogen (secondary N) is 1. The number of allylic oxidation sites excluding steroid dienone is 7. The zero-order valence-electron chi connectivity index (χ0n) is 70.7. The molecule has 5 aromatic carbocycles. The molecule has 3 fully saturated rings. The number of benzene rings is 5. The van der Waals surface area contributed by atoms with Crippen LogP contribution in [-0.4, -0.2) is 208 Å². The van der Waals surface area contributed by atoms with Crippen molar-refractivity contribution < 1.29 is 77.2 Å². The number of rotatable bonds is 13. The average Bonchev–Trinajstić information content (AvgIpc) is 1.12. The van der Waals surface area contributed by atoms with E-state index in [0.717, 1.165) is 96.3 Å². The Labute approximate surface area is 688 Å². The van der Waals surface area contributed by atoms with Crippen molar-refractivity contribution in [3.63, 3.8) is 0 Å². The number of carboxylic acid groups (broad SMARTS) is 4. The van der Waals surface area contributed by atoms with Gasteiger partial charge < -0.3 is 63.5 Å². The number of fused-ring (bicyclic) bond motifs is 4. The predicted octanol–water partition coefficient (Wildman–Crippen LogP) is 10.2. The largest absolute Gasteiger partial charge is 0.550 e. The molecule has 0 bridgehead atoms. The number of nitrogens with two attached hydrogens (primary N) is 1. The van der Waals surface area contributed by atoms with Gasteiger partial charge in [-0.15, -0.1) is 0 Å².